The Bertz CT molecular complexity index is 917. The van der Waals surface area contributed by atoms with E-state index in [1.54, 1.807) is 12.1 Å². The molecule has 6 heteroatoms. The summed E-state index contributed by atoms with van der Waals surface area (Å²) in [6, 6.07) is 12.7. The van der Waals surface area contributed by atoms with E-state index in [1.807, 2.05) is 36.4 Å². The summed E-state index contributed by atoms with van der Waals surface area (Å²) in [5, 5.41) is 11.6. The van der Waals surface area contributed by atoms with E-state index in [1.165, 1.54) is 18.2 Å². The topological polar surface area (TPSA) is 63.5 Å². The van der Waals surface area contributed by atoms with Gasteiger partial charge in [-0.15, -0.1) is 0 Å². The van der Waals surface area contributed by atoms with E-state index >= 15 is 0 Å². The van der Waals surface area contributed by atoms with Gasteiger partial charge < -0.3 is 4.90 Å². The Morgan fingerprint density at radius 1 is 1.08 bits per heavy atom. The predicted molar refractivity (Wildman–Crippen MR) is 104 cm³/mol. The molecule has 5 nitrogen and oxygen atoms in total. The SMILES string of the molecule is O=C1/C(=C\c2ccc(N3CCCCC3)c([N+](=O)[O-])c2)Sc2ccccc21. The van der Waals surface area contributed by atoms with Crippen LogP contribution < -0.4 is 4.90 Å². The molecular formula is C20H18N2O3S. The molecule has 0 spiro atoms. The van der Waals surface area contributed by atoms with Crippen LogP contribution in [0.5, 0.6) is 0 Å². The second kappa shape index (κ2) is 6.96. The Balaban J connectivity index is 1.67. The summed E-state index contributed by atoms with van der Waals surface area (Å²) in [5.41, 5.74) is 2.16. The molecule has 1 saturated heterocycles. The van der Waals surface area contributed by atoms with Crippen molar-refractivity contribution in [3.63, 3.8) is 0 Å². The van der Waals surface area contributed by atoms with Crippen LogP contribution in [-0.2, 0) is 0 Å². The summed E-state index contributed by atoms with van der Waals surface area (Å²) in [4.78, 5) is 27.4. The Hall–Kier alpha value is -2.60. The molecule has 0 amide bonds. The Labute approximate surface area is 155 Å². The van der Waals surface area contributed by atoms with Crippen molar-refractivity contribution in [2.24, 2.45) is 0 Å². The van der Waals surface area contributed by atoms with Crippen LogP contribution >= 0.6 is 11.8 Å². The first-order valence-electron chi connectivity index (χ1n) is 8.70. The number of allylic oxidation sites excluding steroid dienone is 1. The van der Waals surface area contributed by atoms with E-state index in [-0.39, 0.29) is 16.4 Å². The first-order valence-corrected chi connectivity index (χ1v) is 9.52. The van der Waals surface area contributed by atoms with Crippen molar-refractivity contribution in [1.29, 1.82) is 0 Å². The minimum atomic E-state index is -0.329. The molecule has 2 aliphatic rings. The Morgan fingerprint density at radius 2 is 1.85 bits per heavy atom. The fourth-order valence-electron chi connectivity index (χ4n) is 3.47. The smallest absolute Gasteiger partial charge is 0.293 e. The number of fused-ring (bicyclic) bond motifs is 1. The van der Waals surface area contributed by atoms with Gasteiger partial charge in [-0.2, -0.15) is 0 Å². The van der Waals surface area contributed by atoms with Gasteiger partial charge in [0.2, 0.25) is 5.78 Å². The number of nitro groups is 1. The number of piperidine rings is 1. The molecule has 0 radical (unpaired) electrons. The van der Waals surface area contributed by atoms with Crippen molar-refractivity contribution in [2.45, 2.75) is 24.2 Å². The first-order chi connectivity index (χ1) is 12.6. The average molecular weight is 366 g/mol. The quantitative estimate of drug-likeness (QED) is 0.438. The number of Topliss-reactive ketones (excluding diaryl/α,β-unsaturated/α-hetero) is 1. The molecule has 2 heterocycles. The van der Waals surface area contributed by atoms with Crippen LogP contribution in [0.25, 0.3) is 6.08 Å². The highest BCUT2D eigenvalue weighted by molar-refractivity contribution is 8.04. The van der Waals surface area contributed by atoms with Crippen molar-refractivity contribution in [3.8, 4) is 0 Å². The van der Waals surface area contributed by atoms with E-state index in [9.17, 15) is 14.9 Å². The highest BCUT2D eigenvalue weighted by atomic mass is 32.2. The molecule has 0 aliphatic carbocycles. The number of carbonyl (C=O) groups excluding carboxylic acids is 1. The minimum absolute atomic E-state index is 0.0200. The molecule has 2 aliphatic heterocycles. The molecule has 26 heavy (non-hydrogen) atoms. The summed E-state index contributed by atoms with van der Waals surface area (Å²) in [6.45, 7) is 1.70. The number of nitro benzene ring substituents is 1. The molecule has 0 unspecified atom stereocenters. The van der Waals surface area contributed by atoms with E-state index in [0.29, 0.717) is 21.7 Å². The van der Waals surface area contributed by atoms with Gasteiger partial charge >= 0.3 is 0 Å². The molecule has 0 aromatic heterocycles. The molecule has 2 aromatic rings. The summed E-state index contributed by atoms with van der Waals surface area (Å²) < 4.78 is 0. The zero-order valence-corrected chi connectivity index (χ0v) is 15.0. The van der Waals surface area contributed by atoms with E-state index in [2.05, 4.69) is 4.90 Å². The normalized spacial score (nSPS) is 18.2. The van der Waals surface area contributed by atoms with Crippen molar-refractivity contribution < 1.29 is 9.72 Å². The number of thioether (sulfide) groups is 1. The molecule has 0 N–H and O–H groups in total. The number of hydrogen-bond donors (Lipinski definition) is 0. The Morgan fingerprint density at radius 3 is 2.58 bits per heavy atom. The zero-order valence-electron chi connectivity index (χ0n) is 14.2. The average Bonchev–Trinajstić information content (AvgIpc) is 2.98. The standard InChI is InChI=1S/C20H18N2O3S/c23-20-15-6-2-3-7-18(15)26-19(20)13-14-8-9-16(17(12-14)22(24)25)21-10-4-1-5-11-21/h2-3,6-9,12-13H,1,4-5,10-11H2/b19-13+. The van der Waals surface area contributed by atoms with Gasteiger partial charge in [-0.3, -0.25) is 14.9 Å². The van der Waals surface area contributed by atoms with Crippen LogP contribution in [-0.4, -0.2) is 23.8 Å². The monoisotopic (exact) mass is 366 g/mol. The molecule has 1 fully saturated rings. The molecule has 0 bridgehead atoms. The van der Waals surface area contributed by atoms with Gasteiger partial charge in [0.1, 0.15) is 5.69 Å². The summed E-state index contributed by atoms with van der Waals surface area (Å²) >= 11 is 1.42. The highest BCUT2D eigenvalue weighted by Gasteiger charge is 2.26. The fraction of sp³-hybridized carbons (Fsp3) is 0.250. The van der Waals surface area contributed by atoms with Crippen LogP contribution in [0.3, 0.4) is 0 Å². The van der Waals surface area contributed by atoms with Crippen molar-refractivity contribution in [2.75, 3.05) is 18.0 Å². The maximum atomic E-state index is 12.5. The van der Waals surface area contributed by atoms with Crippen LogP contribution in [0.15, 0.2) is 52.3 Å². The number of ketones is 1. The van der Waals surface area contributed by atoms with E-state index in [0.717, 1.165) is 30.8 Å². The first kappa shape index (κ1) is 16.8. The summed E-state index contributed by atoms with van der Waals surface area (Å²) in [7, 11) is 0. The lowest BCUT2D eigenvalue weighted by atomic mass is 10.1. The summed E-state index contributed by atoms with van der Waals surface area (Å²) in [6.07, 6.45) is 5.05. The lowest BCUT2D eigenvalue weighted by molar-refractivity contribution is -0.384. The van der Waals surface area contributed by atoms with Gasteiger partial charge in [-0.1, -0.05) is 30.0 Å². The van der Waals surface area contributed by atoms with Crippen LogP contribution in [0.4, 0.5) is 11.4 Å². The third-order valence-corrected chi connectivity index (χ3v) is 5.87. The lowest BCUT2D eigenvalue weighted by Gasteiger charge is -2.28. The van der Waals surface area contributed by atoms with Gasteiger partial charge in [0.25, 0.3) is 5.69 Å². The number of benzene rings is 2. The van der Waals surface area contributed by atoms with Crippen LogP contribution in [0.1, 0.15) is 35.2 Å². The number of nitrogens with zero attached hydrogens (tertiary/aromatic N) is 2. The van der Waals surface area contributed by atoms with Gasteiger partial charge in [0.05, 0.1) is 9.83 Å². The molecule has 0 atom stereocenters. The number of carbonyl (C=O) groups is 1. The lowest BCUT2D eigenvalue weighted by Crippen LogP contribution is -2.29. The summed E-state index contributed by atoms with van der Waals surface area (Å²) in [5.74, 6) is -0.0200. The third kappa shape index (κ3) is 3.12. The molecule has 132 valence electrons. The van der Waals surface area contributed by atoms with Crippen molar-refractivity contribution in [3.05, 3.63) is 68.6 Å². The molecular weight excluding hydrogens is 348 g/mol. The molecule has 4 rings (SSSR count). The number of rotatable bonds is 3. The minimum Gasteiger partial charge on any atom is -0.366 e. The second-order valence-corrected chi connectivity index (χ2v) is 7.57. The zero-order chi connectivity index (χ0) is 18.1. The van der Waals surface area contributed by atoms with E-state index in [4.69, 9.17) is 0 Å². The fourth-order valence-corrected chi connectivity index (χ4v) is 4.52. The van der Waals surface area contributed by atoms with Gasteiger partial charge in [0.15, 0.2) is 0 Å². The predicted octanol–water partition coefficient (Wildman–Crippen LogP) is 4.91. The van der Waals surface area contributed by atoms with Crippen LogP contribution in [0.2, 0.25) is 0 Å². The second-order valence-electron chi connectivity index (χ2n) is 6.49. The molecule has 2 aromatic carbocycles. The number of hydrogen-bond acceptors (Lipinski definition) is 5. The largest absolute Gasteiger partial charge is 0.366 e. The molecule has 0 saturated carbocycles. The third-order valence-electron chi connectivity index (χ3n) is 4.77. The van der Waals surface area contributed by atoms with Gasteiger partial charge in [-0.25, -0.2) is 0 Å². The maximum Gasteiger partial charge on any atom is 0.293 e. The highest BCUT2D eigenvalue weighted by Crippen LogP contribution is 2.41. The van der Waals surface area contributed by atoms with E-state index < -0.39 is 0 Å². The van der Waals surface area contributed by atoms with Crippen molar-refractivity contribution >= 4 is 35.0 Å². The maximum absolute atomic E-state index is 12.5. The van der Waals surface area contributed by atoms with Gasteiger partial charge in [-0.05, 0) is 49.1 Å². The Kier molecular flexibility index (Phi) is 4.51. The van der Waals surface area contributed by atoms with Crippen LogP contribution in [0, 0.1) is 10.1 Å². The van der Waals surface area contributed by atoms with Gasteiger partial charge in [0, 0.05) is 29.6 Å². The number of anilines is 1. The van der Waals surface area contributed by atoms with Crippen molar-refractivity contribution in [1.82, 2.24) is 0 Å².